The van der Waals surface area contributed by atoms with Gasteiger partial charge in [0.15, 0.2) is 0 Å². The fraction of sp³-hybridized carbons (Fsp3) is 0.243. The van der Waals surface area contributed by atoms with Crippen molar-refractivity contribution in [2.24, 2.45) is 0 Å². The maximum Gasteiger partial charge on any atom is 0.265 e. The quantitative estimate of drug-likeness (QED) is 0.249. The number of nitrogens with zero attached hydrogens (tertiary/aromatic N) is 4. The average Bonchev–Trinajstić information content (AvgIpc) is 3.12. The van der Waals surface area contributed by atoms with Gasteiger partial charge in [-0.3, -0.25) is 9.59 Å². The lowest BCUT2D eigenvalue weighted by Crippen LogP contribution is -2.50. The maximum absolute atomic E-state index is 14.7. The molecule has 10 nitrogen and oxygen atoms in total. The Balaban J connectivity index is 1.31. The van der Waals surface area contributed by atoms with Gasteiger partial charge in [0.05, 0.1) is 21.8 Å². The van der Waals surface area contributed by atoms with E-state index in [2.05, 4.69) is 32.9 Å². The van der Waals surface area contributed by atoms with E-state index >= 15 is 0 Å². The Morgan fingerprint density at radius 3 is 2.57 bits per heavy atom. The van der Waals surface area contributed by atoms with Crippen LogP contribution in [-0.4, -0.2) is 67.3 Å². The first kappa shape index (κ1) is 32.7. The molecule has 0 fully saturated rings. The van der Waals surface area contributed by atoms with E-state index in [4.69, 9.17) is 16.6 Å². The van der Waals surface area contributed by atoms with Crippen LogP contribution in [0.15, 0.2) is 96.0 Å². The van der Waals surface area contributed by atoms with E-state index in [1.807, 2.05) is 41.3 Å². The van der Waals surface area contributed by atoms with Crippen LogP contribution in [0.2, 0.25) is 5.02 Å². The smallest absolute Gasteiger partial charge is 0.265 e. The Morgan fingerprint density at radius 1 is 0.980 bits per heavy atom. The molecule has 1 aromatic heterocycles. The first-order valence-electron chi connectivity index (χ1n) is 16.3. The monoisotopic (exact) mass is 694 g/mol. The summed E-state index contributed by atoms with van der Waals surface area (Å²) in [4.78, 5) is 41.6. The predicted molar refractivity (Wildman–Crippen MR) is 190 cm³/mol. The van der Waals surface area contributed by atoms with Crippen LogP contribution in [0.25, 0.3) is 22.0 Å². The van der Waals surface area contributed by atoms with Gasteiger partial charge in [-0.15, -0.1) is 0 Å². The number of hydrogen-bond donors (Lipinski definition) is 2. The summed E-state index contributed by atoms with van der Waals surface area (Å²) >= 11 is 6.72. The highest BCUT2D eigenvalue weighted by atomic mass is 35.5. The van der Waals surface area contributed by atoms with Gasteiger partial charge in [0.2, 0.25) is 5.95 Å². The van der Waals surface area contributed by atoms with Crippen molar-refractivity contribution >= 4 is 50.2 Å². The lowest BCUT2D eigenvalue weighted by Gasteiger charge is -2.37. The number of rotatable bonds is 5. The molecule has 7 rings (SSSR count). The lowest BCUT2D eigenvalue weighted by molar-refractivity contribution is 0.0639. The van der Waals surface area contributed by atoms with Crippen LogP contribution in [-0.2, 0) is 23.0 Å². The third-order valence-electron chi connectivity index (χ3n) is 9.09. The highest BCUT2D eigenvalue weighted by Gasteiger charge is 2.33. The number of nitrogens with one attached hydrogen (secondary N) is 2. The molecule has 0 aliphatic carbocycles. The van der Waals surface area contributed by atoms with E-state index in [1.165, 1.54) is 36.0 Å². The van der Waals surface area contributed by atoms with Crippen LogP contribution in [0.1, 0.15) is 45.2 Å². The number of benzene rings is 4. The van der Waals surface area contributed by atoms with Gasteiger partial charge in [0, 0.05) is 55.5 Å². The van der Waals surface area contributed by atoms with E-state index in [-0.39, 0.29) is 33.0 Å². The van der Waals surface area contributed by atoms with Crippen LogP contribution in [0.4, 0.5) is 5.95 Å². The SMILES string of the molecule is CCCN1CCNC[C@@H]2Cc3ccccc3CN2C(=O)c2cc(C(=O)NS(=O)(=O)c3ccc4ccccc4c3)ccc2-c2nc1ncc2Cl. The number of carbonyl (C=O) groups excluding carboxylic acids is 2. The van der Waals surface area contributed by atoms with E-state index in [9.17, 15) is 18.0 Å². The molecule has 2 N–H and O–H groups in total. The number of hydrogen-bond acceptors (Lipinski definition) is 8. The summed E-state index contributed by atoms with van der Waals surface area (Å²) in [5.74, 6) is -0.698. The second-order valence-electron chi connectivity index (χ2n) is 12.3. The van der Waals surface area contributed by atoms with E-state index < -0.39 is 15.9 Å². The van der Waals surface area contributed by atoms with Crippen LogP contribution >= 0.6 is 11.6 Å². The molecule has 0 radical (unpaired) electrons. The van der Waals surface area contributed by atoms with Gasteiger partial charge in [-0.05, 0) is 59.0 Å². The zero-order valence-electron chi connectivity index (χ0n) is 26.9. The molecular weight excluding hydrogens is 660 g/mol. The molecule has 4 aromatic carbocycles. The Bertz CT molecular complexity index is 2190. The van der Waals surface area contributed by atoms with Crippen LogP contribution in [0, 0.1) is 0 Å². The molecule has 2 aliphatic heterocycles. The lowest BCUT2D eigenvalue weighted by atomic mass is 9.92. The molecule has 49 heavy (non-hydrogen) atoms. The van der Waals surface area contributed by atoms with Crippen molar-refractivity contribution < 1.29 is 18.0 Å². The molecule has 2 amide bonds. The van der Waals surface area contributed by atoms with Crippen LogP contribution in [0.3, 0.4) is 0 Å². The van der Waals surface area contributed by atoms with Crippen molar-refractivity contribution in [3.05, 3.63) is 118 Å². The van der Waals surface area contributed by atoms with Crippen molar-refractivity contribution in [1.82, 2.24) is 24.9 Å². The minimum absolute atomic E-state index is 0.00544. The molecule has 0 unspecified atom stereocenters. The van der Waals surface area contributed by atoms with Gasteiger partial charge >= 0.3 is 0 Å². The molecule has 250 valence electrons. The summed E-state index contributed by atoms with van der Waals surface area (Å²) in [5.41, 5.74) is 3.20. The standard InChI is InChI=1S/C37H35ClN6O4S/c1-2-16-43-17-15-39-21-29-18-25-8-5-6-10-28(25)23-44(29)36(46)32-20-27(12-14-31(32)34-33(38)22-40-37(43)41-34)35(45)42-49(47,48)30-13-11-24-7-3-4-9-26(24)19-30/h3-14,19-20,22,29,39H,2,15-18,21,23H2,1H3,(H,42,45)/t29-/m0/s1. The van der Waals surface area contributed by atoms with Crippen LogP contribution < -0.4 is 14.9 Å². The number of halogens is 1. The number of sulfonamides is 1. The van der Waals surface area contributed by atoms with Crippen LogP contribution in [0.5, 0.6) is 0 Å². The molecule has 0 spiro atoms. The summed E-state index contributed by atoms with van der Waals surface area (Å²) < 4.78 is 29.0. The molecule has 12 heteroatoms. The fourth-order valence-electron chi connectivity index (χ4n) is 6.57. The second kappa shape index (κ2) is 13.6. The first-order valence-corrected chi connectivity index (χ1v) is 18.1. The third-order valence-corrected chi connectivity index (χ3v) is 10.7. The van der Waals surface area contributed by atoms with Crippen molar-refractivity contribution in [3.63, 3.8) is 0 Å². The Kier molecular flexibility index (Phi) is 9.06. The summed E-state index contributed by atoms with van der Waals surface area (Å²) in [5, 5.41) is 5.39. The van der Waals surface area contributed by atoms with Gasteiger partial charge in [-0.2, -0.15) is 0 Å². The summed E-state index contributed by atoms with van der Waals surface area (Å²) in [6.07, 6.45) is 3.06. The largest absolute Gasteiger partial charge is 0.340 e. The molecule has 2 bridgehead atoms. The van der Waals surface area contributed by atoms with E-state index in [0.717, 1.165) is 29.3 Å². The zero-order valence-corrected chi connectivity index (χ0v) is 28.5. The predicted octanol–water partition coefficient (Wildman–Crippen LogP) is 5.46. The molecule has 2 aliphatic rings. The van der Waals surface area contributed by atoms with E-state index in [1.54, 1.807) is 18.2 Å². The third kappa shape index (κ3) is 6.61. The average molecular weight is 695 g/mol. The van der Waals surface area contributed by atoms with E-state index in [0.29, 0.717) is 49.8 Å². The first-order chi connectivity index (χ1) is 23.7. The number of carbonyl (C=O) groups is 2. The van der Waals surface area contributed by atoms with Crippen molar-refractivity contribution in [3.8, 4) is 11.3 Å². The van der Waals surface area contributed by atoms with Crippen molar-refractivity contribution in [1.29, 1.82) is 0 Å². The maximum atomic E-state index is 14.7. The van der Waals surface area contributed by atoms with Gasteiger partial charge in [-0.1, -0.05) is 79.2 Å². The Labute approximate surface area is 290 Å². The van der Waals surface area contributed by atoms with Crippen molar-refractivity contribution in [2.75, 3.05) is 31.1 Å². The molecular formula is C37H35ClN6O4S. The Hall–Kier alpha value is -4.84. The second-order valence-corrected chi connectivity index (χ2v) is 14.4. The van der Waals surface area contributed by atoms with Gasteiger partial charge in [0.25, 0.3) is 21.8 Å². The fourth-order valence-corrected chi connectivity index (χ4v) is 7.77. The topological polar surface area (TPSA) is 125 Å². The number of fused-ring (bicyclic) bond motifs is 7. The molecule has 1 atom stereocenters. The summed E-state index contributed by atoms with van der Waals surface area (Å²) in [6.45, 7) is 5.05. The minimum atomic E-state index is -4.24. The normalized spacial score (nSPS) is 16.4. The summed E-state index contributed by atoms with van der Waals surface area (Å²) in [7, 11) is -4.24. The molecule has 5 aromatic rings. The Morgan fingerprint density at radius 2 is 1.76 bits per heavy atom. The highest BCUT2D eigenvalue weighted by Crippen LogP contribution is 2.34. The molecule has 0 saturated heterocycles. The molecule has 3 heterocycles. The van der Waals surface area contributed by atoms with Gasteiger partial charge < -0.3 is 15.1 Å². The highest BCUT2D eigenvalue weighted by molar-refractivity contribution is 7.90. The summed E-state index contributed by atoms with van der Waals surface area (Å²) in [6, 6.07) is 24.5. The molecule has 0 saturated carbocycles. The van der Waals surface area contributed by atoms with Gasteiger partial charge in [0.1, 0.15) is 0 Å². The number of anilines is 1. The number of amides is 2. The van der Waals surface area contributed by atoms with Crippen molar-refractivity contribution in [2.45, 2.75) is 37.2 Å². The zero-order chi connectivity index (χ0) is 34.1. The number of aromatic nitrogens is 2. The minimum Gasteiger partial charge on any atom is -0.340 e. The van der Waals surface area contributed by atoms with Gasteiger partial charge in [-0.25, -0.2) is 23.1 Å².